The van der Waals surface area contributed by atoms with Crippen LogP contribution in [0.5, 0.6) is 0 Å². The van der Waals surface area contributed by atoms with Crippen molar-refractivity contribution in [2.75, 3.05) is 6.26 Å². The fourth-order valence-corrected chi connectivity index (χ4v) is 5.13. The second-order valence-electron chi connectivity index (χ2n) is 9.23. The Bertz CT molecular complexity index is 1520. The highest BCUT2D eigenvalue weighted by atomic mass is 35.5. The Labute approximate surface area is 223 Å². The zero-order chi connectivity index (χ0) is 26.4. The number of aliphatic hydroxyl groups is 1. The van der Waals surface area contributed by atoms with E-state index in [1.54, 1.807) is 6.92 Å². The van der Waals surface area contributed by atoms with Crippen molar-refractivity contribution in [3.05, 3.63) is 112 Å². The van der Waals surface area contributed by atoms with Crippen molar-refractivity contribution in [2.24, 2.45) is 0 Å². The fourth-order valence-electron chi connectivity index (χ4n) is 4.33. The number of hydrogen-bond donors (Lipinski definition) is 1. The highest BCUT2D eigenvalue weighted by Crippen LogP contribution is 2.28. The summed E-state index contributed by atoms with van der Waals surface area (Å²) in [5, 5.41) is 11.5. The van der Waals surface area contributed by atoms with Crippen LogP contribution in [0.3, 0.4) is 0 Å². The molecule has 5 nitrogen and oxygen atoms in total. The van der Waals surface area contributed by atoms with Crippen molar-refractivity contribution in [2.45, 2.75) is 38.4 Å². The SMILES string of the molecule is CC(O)Cc1ccccc1CCC(OS(C)(=O)=O)c1cccc(C=Cc2ccc3ccc(Cl)cc3n2)c1. The molecule has 0 fully saturated rings. The summed E-state index contributed by atoms with van der Waals surface area (Å²) in [6.45, 7) is 1.76. The van der Waals surface area contributed by atoms with E-state index in [1.807, 2.05) is 91.0 Å². The number of pyridine rings is 1. The van der Waals surface area contributed by atoms with E-state index >= 15 is 0 Å². The molecule has 0 bridgehead atoms. The van der Waals surface area contributed by atoms with Crippen molar-refractivity contribution in [3.63, 3.8) is 0 Å². The molecule has 37 heavy (non-hydrogen) atoms. The molecule has 3 aromatic carbocycles. The molecule has 0 saturated heterocycles. The van der Waals surface area contributed by atoms with Crippen LogP contribution in [0.15, 0.2) is 78.9 Å². The number of hydrogen-bond acceptors (Lipinski definition) is 5. The molecule has 1 N–H and O–H groups in total. The lowest BCUT2D eigenvalue weighted by molar-refractivity contribution is 0.194. The second kappa shape index (κ2) is 12.0. The maximum absolute atomic E-state index is 12.1. The maximum Gasteiger partial charge on any atom is 0.264 e. The van der Waals surface area contributed by atoms with Gasteiger partial charge in [0.1, 0.15) is 6.10 Å². The van der Waals surface area contributed by atoms with E-state index in [0.29, 0.717) is 24.3 Å². The predicted octanol–water partition coefficient (Wildman–Crippen LogP) is 6.63. The van der Waals surface area contributed by atoms with Crippen LogP contribution >= 0.6 is 11.6 Å². The van der Waals surface area contributed by atoms with Crippen LogP contribution in [0.2, 0.25) is 5.02 Å². The summed E-state index contributed by atoms with van der Waals surface area (Å²) in [7, 11) is -3.68. The number of rotatable bonds is 10. The molecule has 4 aromatic rings. The summed E-state index contributed by atoms with van der Waals surface area (Å²) in [6.07, 6.45) is 5.48. The van der Waals surface area contributed by atoms with Crippen LogP contribution in [0.4, 0.5) is 0 Å². The summed E-state index contributed by atoms with van der Waals surface area (Å²) in [6, 6.07) is 25.1. The van der Waals surface area contributed by atoms with Crippen LogP contribution in [0.25, 0.3) is 23.1 Å². The topological polar surface area (TPSA) is 76.5 Å². The van der Waals surface area contributed by atoms with Crippen molar-refractivity contribution in [3.8, 4) is 0 Å². The second-order valence-corrected chi connectivity index (χ2v) is 11.3. The standard InChI is InChI=1S/C30H30ClNO4S/c1-21(33)18-25-8-4-3-7-23(25)13-17-30(36-37(2,34)35)26-9-5-6-22(19-26)10-15-28-16-12-24-11-14-27(31)20-29(24)32-28/h3-12,14-16,19-21,30,33H,13,17-18H2,1-2H3. The molecule has 0 saturated carbocycles. The smallest absolute Gasteiger partial charge is 0.264 e. The van der Waals surface area contributed by atoms with Gasteiger partial charge in [-0.15, -0.1) is 0 Å². The van der Waals surface area contributed by atoms with Gasteiger partial charge in [0, 0.05) is 10.4 Å². The molecule has 7 heteroatoms. The summed E-state index contributed by atoms with van der Waals surface area (Å²) in [5.41, 5.74) is 5.42. The quantitative estimate of drug-likeness (QED) is 0.231. The summed E-state index contributed by atoms with van der Waals surface area (Å²) in [4.78, 5) is 4.66. The van der Waals surface area contributed by atoms with Gasteiger partial charge < -0.3 is 5.11 Å². The third-order valence-electron chi connectivity index (χ3n) is 6.01. The number of aliphatic hydroxyl groups excluding tert-OH is 1. The van der Waals surface area contributed by atoms with Crippen molar-refractivity contribution in [1.82, 2.24) is 4.98 Å². The number of benzene rings is 3. The minimum atomic E-state index is -3.68. The molecule has 0 spiro atoms. The molecular weight excluding hydrogens is 506 g/mol. The Morgan fingerprint density at radius 3 is 2.49 bits per heavy atom. The van der Waals surface area contributed by atoms with Crippen LogP contribution in [0, 0.1) is 0 Å². The monoisotopic (exact) mass is 535 g/mol. The zero-order valence-electron chi connectivity index (χ0n) is 20.8. The lowest BCUT2D eigenvalue weighted by atomic mass is 9.95. The maximum atomic E-state index is 12.1. The van der Waals surface area contributed by atoms with Crippen LogP contribution in [-0.4, -0.2) is 30.9 Å². The van der Waals surface area contributed by atoms with E-state index in [0.717, 1.165) is 45.1 Å². The summed E-state index contributed by atoms with van der Waals surface area (Å²) < 4.78 is 29.7. The van der Waals surface area contributed by atoms with Gasteiger partial charge in [0.15, 0.2) is 0 Å². The largest absolute Gasteiger partial charge is 0.393 e. The lowest BCUT2D eigenvalue weighted by Crippen LogP contribution is -2.13. The Morgan fingerprint density at radius 1 is 0.973 bits per heavy atom. The minimum absolute atomic E-state index is 0.457. The number of nitrogens with zero attached hydrogens (tertiary/aromatic N) is 1. The molecular formula is C30H30ClNO4S. The molecule has 0 aliphatic rings. The Balaban J connectivity index is 1.56. The molecule has 4 rings (SSSR count). The third-order valence-corrected chi connectivity index (χ3v) is 6.82. The minimum Gasteiger partial charge on any atom is -0.393 e. The average Bonchev–Trinajstić information content (AvgIpc) is 2.85. The molecule has 1 aromatic heterocycles. The van der Waals surface area contributed by atoms with Crippen molar-refractivity contribution in [1.29, 1.82) is 0 Å². The van der Waals surface area contributed by atoms with E-state index < -0.39 is 22.3 Å². The van der Waals surface area contributed by atoms with E-state index in [9.17, 15) is 13.5 Å². The Kier molecular flexibility index (Phi) is 8.77. The van der Waals surface area contributed by atoms with E-state index in [1.165, 1.54) is 0 Å². The number of fused-ring (bicyclic) bond motifs is 1. The molecule has 192 valence electrons. The van der Waals surface area contributed by atoms with Crippen molar-refractivity contribution < 1.29 is 17.7 Å². The predicted molar refractivity (Wildman–Crippen MR) is 151 cm³/mol. The van der Waals surface area contributed by atoms with Gasteiger partial charge in [-0.2, -0.15) is 8.42 Å². The van der Waals surface area contributed by atoms with E-state index in [-0.39, 0.29) is 0 Å². The highest BCUT2D eigenvalue weighted by molar-refractivity contribution is 7.86. The lowest BCUT2D eigenvalue weighted by Gasteiger charge is -2.19. The van der Waals surface area contributed by atoms with Gasteiger partial charge in [0.2, 0.25) is 0 Å². The summed E-state index contributed by atoms with van der Waals surface area (Å²) in [5.74, 6) is 0. The van der Waals surface area contributed by atoms with Gasteiger partial charge in [-0.05, 0) is 78.8 Å². The molecule has 0 aliphatic carbocycles. The normalized spacial score (nSPS) is 13.7. The number of halogens is 1. The van der Waals surface area contributed by atoms with Gasteiger partial charge >= 0.3 is 0 Å². The number of aryl methyl sites for hydroxylation is 1. The Morgan fingerprint density at radius 2 is 1.73 bits per heavy atom. The fraction of sp³-hybridized carbons (Fsp3) is 0.233. The highest BCUT2D eigenvalue weighted by Gasteiger charge is 2.19. The summed E-state index contributed by atoms with van der Waals surface area (Å²) >= 11 is 6.11. The molecule has 1 heterocycles. The first-order valence-corrected chi connectivity index (χ1v) is 14.3. The molecule has 0 aliphatic heterocycles. The van der Waals surface area contributed by atoms with Gasteiger partial charge in [0.25, 0.3) is 10.1 Å². The van der Waals surface area contributed by atoms with E-state index in [4.69, 9.17) is 15.8 Å². The average molecular weight is 536 g/mol. The first kappa shape index (κ1) is 27.0. The molecule has 2 atom stereocenters. The van der Waals surface area contributed by atoms with Crippen LogP contribution in [-0.2, 0) is 27.1 Å². The van der Waals surface area contributed by atoms with Gasteiger partial charge in [-0.3, -0.25) is 4.18 Å². The molecule has 0 radical (unpaired) electrons. The molecule has 0 amide bonds. The van der Waals surface area contributed by atoms with Crippen molar-refractivity contribution >= 4 is 44.8 Å². The van der Waals surface area contributed by atoms with Crippen LogP contribution < -0.4 is 0 Å². The Hall–Kier alpha value is -3.03. The van der Waals surface area contributed by atoms with Crippen LogP contribution in [0.1, 0.15) is 47.4 Å². The first-order valence-electron chi connectivity index (χ1n) is 12.1. The third kappa shape index (κ3) is 7.98. The molecule has 2 unspecified atom stereocenters. The van der Waals surface area contributed by atoms with Gasteiger partial charge in [0.05, 0.1) is 23.6 Å². The zero-order valence-corrected chi connectivity index (χ0v) is 22.4. The van der Waals surface area contributed by atoms with Gasteiger partial charge in [-0.25, -0.2) is 4.98 Å². The first-order chi connectivity index (χ1) is 17.7. The number of aromatic nitrogens is 1. The van der Waals surface area contributed by atoms with E-state index in [2.05, 4.69) is 4.98 Å². The van der Waals surface area contributed by atoms with Gasteiger partial charge in [-0.1, -0.05) is 72.3 Å².